The van der Waals surface area contributed by atoms with Crippen molar-refractivity contribution >= 4 is 10.8 Å². The van der Waals surface area contributed by atoms with Gasteiger partial charge in [-0.1, -0.05) is 36.4 Å². The molecule has 1 heterocycles. The Bertz CT molecular complexity index is 626. The van der Waals surface area contributed by atoms with Crippen molar-refractivity contribution in [3.8, 4) is 5.75 Å². The van der Waals surface area contributed by atoms with Crippen molar-refractivity contribution in [2.45, 2.75) is 32.4 Å². The molecule has 1 fully saturated rings. The van der Waals surface area contributed by atoms with Crippen LogP contribution in [0.2, 0.25) is 0 Å². The first-order valence-electron chi connectivity index (χ1n) is 7.72. The van der Waals surface area contributed by atoms with Crippen molar-refractivity contribution < 1.29 is 9.84 Å². The Kier molecular flexibility index (Phi) is 4.13. The van der Waals surface area contributed by atoms with Crippen LogP contribution in [0.1, 0.15) is 31.9 Å². The monoisotopic (exact) mass is 285 g/mol. The number of nitrogens with one attached hydrogen (secondary N) is 1. The summed E-state index contributed by atoms with van der Waals surface area (Å²) in [5, 5.41) is 16.0. The van der Waals surface area contributed by atoms with Crippen LogP contribution in [0.4, 0.5) is 0 Å². The molecular formula is C18H23NO2. The van der Waals surface area contributed by atoms with Crippen molar-refractivity contribution in [2.24, 2.45) is 5.92 Å². The van der Waals surface area contributed by atoms with Gasteiger partial charge in [0, 0.05) is 30.1 Å². The molecule has 0 bridgehead atoms. The SMILES string of the molecule is CC(NCC1CCOC1C)c1ccc2ccccc2c1O. The van der Waals surface area contributed by atoms with Gasteiger partial charge in [0.25, 0.3) is 0 Å². The van der Waals surface area contributed by atoms with Crippen molar-refractivity contribution in [1.82, 2.24) is 5.32 Å². The standard InChI is InChI=1S/C18H23NO2/c1-12(19-11-15-9-10-21-13(15)2)16-8-7-14-5-3-4-6-17(14)18(16)20/h3-8,12-13,15,19-20H,9-11H2,1-2H3. The van der Waals surface area contributed by atoms with Gasteiger partial charge in [-0.05, 0) is 31.6 Å². The number of benzene rings is 2. The lowest BCUT2D eigenvalue weighted by atomic mass is 9.99. The maximum Gasteiger partial charge on any atom is 0.128 e. The fraction of sp³-hybridized carbons (Fsp3) is 0.444. The summed E-state index contributed by atoms with van der Waals surface area (Å²) < 4.78 is 5.60. The quantitative estimate of drug-likeness (QED) is 0.901. The number of fused-ring (bicyclic) bond motifs is 1. The third kappa shape index (κ3) is 2.89. The summed E-state index contributed by atoms with van der Waals surface area (Å²) in [6, 6.07) is 12.2. The fourth-order valence-corrected chi connectivity index (χ4v) is 3.10. The Morgan fingerprint density at radius 3 is 2.86 bits per heavy atom. The second kappa shape index (κ2) is 6.04. The van der Waals surface area contributed by atoms with E-state index >= 15 is 0 Å². The largest absolute Gasteiger partial charge is 0.507 e. The van der Waals surface area contributed by atoms with E-state index in [-0.39, 0.29) is 6.04 Å². The van der Waals surface area contributed by atoms with E-state index in [1.807, 2.05) is 30.3 Å². The number of hydrogen-bond acceptors (Lipinski definition) is 3. The van der Waals surface area contributed by atoms with Gasteiger partial charge >= 0.3 is 0 Å². The molecule has 3 nitrogen and oxygen atoms in total. The van der Waals surface area contributed by atoms with Crippen LogP contribution in [0.3, 0.4) is 0 Å². The molecule has 0 radical (unpaired) electrons. The highest BCUT2D eigenvalue weighted by atomic mass is 16.5. The topological polar surface area (TPSA) is 41.5 Å². The minimum atomic E-state index is 0.127. The second-order valence-corrected chi connectivity index (χ2v) is 5.98. The van der Waals surface area contributed by atoms with Gasteiger partial charge in [0.2, 0.25) is 0 Å². The molecule has 3 rings (SSSR count). The smallest absolute Gasteiger partial charge is 0.128 e. The van der Waals surface area contributed by atoms with Gasteiger partial charge in [0.05, 0.1) is 6.10 Å². The van der Waals surface area contributed by atoms with Crippen molar-refractivity contribution in [1.29, 1.82) is 0 Å². The molecule has 0 saturated carbocycles. The van der Waals surface area contributed by atoms with Crippen molar-refractivity contribution in [2.75, 3.05) is 13.2 Å². The summed E-state index contributed by atoms with van der Waals surface area (Å²) in [5.41, 5.74) is 0.959. The molecule has 0 spiro atoms. The lowest BCUT2D eigenvalue weighted by Crippen LogP contribution is -2.29. The average molecular weight is 285 g/mol. The first kappa shape index (κ1) is 14.4. The number of hydrogen-bond donors (Lipinski definition) is 2. The van der Waals surface area contributed by atoms with Gasteiger partial charge in [-0.2, -0.15) is 0 Å². The summed E-state index contributed by atoms with van der Waals surface area (Å²) in [6.45, 7) is 6.03. The van der Waals surface area contributed by atoms with Crippen LogP contribution in [0.25, 0.3) is 10.8 Å². The third-order valence-electron chi connectivity index (χ3n) is 4.62. The van der Waals surface area contributed by atoms with Gasteiger partial charge in [-0.25, -0.2) is 0 Å². The molecule has 1 aliphatic heterocycles. The van der Waals surface area contributed by atoms with Crippen molar-refractivity contribution in [3.63, 3.8) is 0 Å². The van der Waals surface area contributed by atoms with Crippen LogP contribution < -0.4 is 5.32 Å². The Morgan fingerprint density at radius 1 is 1.29 bits per heavy atom. The first-order chi connectivity index (χ1) is 10.2. The molecule has 112 valence electrons. The number of rotatable bonds is 4. The zero-order valence-electron chi connectivity index (χ0n) is 12.7. The highest BCUT2D eigenvalue weighted by Gasteiger charge is 2.24. The van der Waals surface area contributed by atoms with E-state index in [2.05, 4.69) is 25.2 Å². The number of aromatic hydroxyl groups is 1. The van der Waals surface area contributed by atoms with Gasteiger partial charge in [0.1, 0.15) is 5.75 Å². The molecule has 1 aliphatic rings. The molecule has 1 saturated heterocycles. The van der Waals surface area contributed by atoms with Crippen LogP contribution in [-0.4, -0.2) is 24.4 Å². The fourth-order valence-electron chi connectivity index (χ4n) is 3.10. The third-order valence-corrected chi connectivity index (χ3v) is 4.62. The van der Waals surface area contributed by atoms with E-state index < -0.39 is 0 Å². The molecule has 2 aromatic rings. The Morgan fingerprint density at radius 2 is 2.10 bits per heavy atom. The molecule has 3 unspecified atom stereocenters. The lowest BCUT2D eigenvalue weighted by molar-refractivity contribution is 0.105. The summed E-state index contributed by atoms with van der Waals surface area (Å²) in [6.07, 6.45) is 1.44. The number of ether oxygens (including phenoxy) is 1. The minimum Gasteiger partial charge on any atom is -0.507 e. The molecule has 2 aromatic carbocycles. The Balaban J connectivity index is 1.75. The normalized spacial score (nSPS) is 23.5. The van der Waals surface area contributed by atoms with Crippen molar-refractivity contribution in [3.05, 3.63) is 42.0 Å². The van der Waals surface area contributed by atoms with Crippen LogP contribution in [-0.2, 0) is 4.74 Å². The molecule has 3 heteroatoms. The van der Waals surface area contributed by atoms with Crippen LogP contribution in [0.5, 0.6) is 5.75 Å². The predicted octanol–water partition coefficient (Wildman–Crippen LogP) is 3.62. The summed E-state index contributed by atoms with van der Waals surface area (Å²) in [4.78, 5) is 0. The minimum absolute atomic E-state index is 0.127. The molecule has 0 amide bonds. The lowest BCUT2D eigenvalue weighted by Gasteiger charge is -2.20. The first-order valence-corrected chi connectivity index (χ1v) is 7.72. The van der Waals surface area contributed by atoms with Gasteiger partial charge in [-0.3, -0.25) is 0 Å². The molecular weight excluding hydrogens is 262 g/mol. The molecule has 0 aliphatic carbocycles. The average Bonchev–Trinajstić information content (AvgIpc) is 2.91. The van der Waals surface area contributed by atoms with Crippen LogP contribution in [0.15, 0.2) is 36.4 Å². The maximum absolute atomic E-state index is 10.5. The Hall–Kier alpha value is -1.58. The Labute approximate surface area is 125 Å². The van der Waals surface area contributed by atoms with E-state index in [4.69, 9.17) is 4.74 Å². The highest BCUT2D eigenvalue weighted by Crippen LogP contribution is 2.32. The zero-order valence-corrected chi connectivity index (χ0v) is 12.7. The van der Waals surface area contributed by atoms with Gasteiger partial charge < -0.3 is 15.2 Å². The highest BCUT2D eigenvalue weighted by molar-refractivity contribution is 5.89. The van der Waals surface area contributed by atoms with Crippen LogP contribution in [0, 0.1) is 5.92 Å². The molecule has 21 heavy (non-hydrogen) atoms. The van der Waals surface area contributed by atoms with E-state index in [1.54, 1.807) is 0 Å². The summed E-state index contributed by atoms with van der Waals surface area (Å²) in [5.74, 6) is 0.957. The van der Waals surface area contributed by atoms with E-state index in [1.165, 1.54) is 0 Å². The maximum atomic E-state index is 10.5. The van der Waals surface area contributed by atoms with E-state index in [9.17, 15) is 5.11 Å². The van der Waals surface area contributed by atoms with Gasteiger partial charge in [-0.15, -0.1) is 0 Å². The van der Waals surface area contributed by atoms with E-state index in [0.717, 1.165) is 35.9 Å². The molecule has 0 aromatic heterocycles. The summed E-state index contributed by atoms with van der Waals surface area (Å²) >= 11 is 0. The molecule has 3 atom stereocenters. The predicted molar refractivity (Wildman–Crippen MR) is 85.6 cm³/mol. The summed E-state index contributed by atoms with van der Waals surface area (Å²) in [7, 11) is 0. The van der Waals surface area contributed by atoms with E-state index in [0.29, 0.717) is 17.8 Å². The molecule has 2 N–H and O–H groups in total. The van der Waals surface area contributed by atoms with Gasteiger partial charge in [0.15, 0.2) is 0 Å². The number of phenolic OH excluding ortho intramolecular Hbond substituents is 1. The van der Waals surface area contributed by atoms with Crippen LogP contribution >= 0.6 is 0 Å². The zero-order chi connectivity index (χ0) is 14.8. The number of phenols is 1. The second-order valence-electron chi connectivity index (χ2n) is 5.98.